The third-order valence-electron chi connectivity index (χ3n) is 4.50. The average Bonchev–Trinajstić information content (AvgIpc) is 2.87. The van der Waals surface area contributed by atoms with Crippen molar-refractivity contribution < 1.29 is 17.2 Å². The van der Waals surface area contributed by atoms with E-state index in [4.69, 9.17) is 5.26 Å². The summed E-state index contributed by atoms with van der Waals surface area (Å²) in [4.78, 5) is 3.70. The van der Waals surface area contributed by atoms with Gasteiger partial charge in [0.1, 0.15) is 5.69 Å². The van der Waals surface area contributed by atoms with Crippen molar-refractivity contribution in [3.63, 3.8) is 0 Å². The third-order valence-corrected chi connectivity index (χ3v) is 6.25. The molecule has 0 amide bonds. The Hall–Kier alpha value is -1.72. The van der Waals surface area contributed by atoms with Gasteiger partial charge in [-0.1, -0.05) is 0 Å². The van der Waals surface area contributed by atoms with Crippen LogP contribution < -0.4 is 4.90 Å². The second-order valence-electron chi connectivity index (χ2n) is 5.98. The van der Waals surface area contributed by atoms with E-state index in [1.165, 1.54) is 0 Å². The van der Waals surface area contributed by atoms with Gasteiger partial charge in [-0.25, -0.2) is 17.2 Å². The van der Waals surface area contributed by atoms with Crippen LogP contribution >= 0.6 is 0 Å². The van der Waals surface area contributed by atoms with Crippen molar-refractivity contribution in [3.8, 4) is 6.07 Å². The molecule has 5 nitrogen and oxygen atoms in total. The Kier molecular flexibility index (Phi) is 4.25. The Labute approximate surface area is 134 Å². The molecule has 2 fully saturated rings. The number of anilines is 1. The average molecular weight is 341 g/mol. The maximum absolute atomic E-state index is 14.1. The van der Waals surface area contributed by atoms with Gasteiger partial charge >= 0.3 is 0 Å². The standard InChI is InChI=1S/C15H17F2N3O2S/c16-13-7-11(9-18)8-14(17)15(13)20-4-2-19(3-5-20)12-1-6-23(21,22)10-12/h7-8,12H,1-6,10H2. The van der Waals surface area contributed by atoms with Crippen molar-refractivity contribution in [1.29, 1.82) is 5.26 Å². The third kappa shape index (κ3) is 3.31. The van der Waals surface area contributed by atoms with Crippen molar-refractivity contribution in [3.05, 3.63) is 29.3 Å². The Morgan fingerprint density at radius 3 is 2.22 bits per heavy atom. The first-order valence-electron chi connectivity index (χ1n) is 7.48. The Bertz CT molecular complexity index is 729. The number of halogens is 2. The molecular weight excluding hydrogens is 324 g/mol. The molecule has 0 radical (unpaired) electrons. The summed E-state index contributed by atoms with van der Waals surface area (Å²) in [5, 5.41) is 8.73. The normalized spacial score (nSPS) is 24.6. The van der Waals surface area contributed by atoms with Gasteiger partial charge < -0.3 is 4.90 Å². The van der Waals surface area contributed by atoms with E-state index in [-0.39, 0.29) is 28.8 Å². The van der Waals surface area contributed by atoms with Crippen LogP contribution in [-0.4, -0.2) is 57.0 Å². The maximum atomic E-state index is 14.1. The zero-order valence-corrected chi connectivity index (χ0v) is 13.3. The Balaban J connectivity index is 1.69. The van der Waals surface area contributed by atoms with Crippen molar-refractivity contribution in [1.82, 2.24) is 4.90 Å². The minimum Gasteiger partial charge on any atom is -0.364 e. The van der Waals surface area contributed by atoms with E-state index in [2.05, 4.69) is 4.90 Å². The first-order valence-corrected chi connectivity index (χ1v) is 9.30. The summed E-state index contributed by atoms with van der Waals surface area (Å²) in [6.45, 7) is 1.99. The smallest absolute Gasteiger partial charge is 0.151 e. The van der Waals surface area contributed by atoms with E-state index in [0.29, 0.717) is 32.6 Å². The zero-order chi connectivity index (χ0) is 16.6. The molecule has 0 spiro atoms. The van der Waals surface area contributed by atoms with Gasteiger partial charge in [0.15, 0.2) is 21.5 Å². The van der Waals surface area contributed by atoms with Crippen molar-refractivity contribution in [2.45, 2.75) is 12.5 Å². The van der Waals surface area contributed by atoms with E-state index in [1.807, 2.05) is 0 Å². The van der Waals surface area contributed by atoms with E-state index >= 15 is 0 Å². The summed E-state index contributed by atoms with van der Waals surface area (Å²) in [5.74, 6) is -1.08. The van der Waals surface area contributed by atoms with Gasteiger partial charge in [0.25, 0.3) is 0 Å². The summed E-state index contributed by atoms with van der Waals surface area (Å²) >= 11 is 0. The van der Waals surface area contributed by atoms with Crippen LogP contribution in [0.25, 0.3) is 0 Å². The predicted molar refractivity (Wildman–Crippen MR) is 81.9 cm³/mol. The lowest BCUT2D eigenvalue weighted by Crippen LogP contribution is -2.51. The van der Waals surface area contributed by atoms with Crippen molar-refractivity contribution in [2.75, 3.05) is 42.6 Å². The lowest BCUT2D eigenvalue weighted by molar-refractivity contribution is 0.200. The molecule has 1 atom stereocenters. The molecular formula is C15H17F2N3O2S. The number of benzene rings is 1. The molecule has 2 saturated heterocycles. The minimum absolute atomic E-state index is 0.0119. The van der Waals surface area contributed by atoms with E-state index in [0.717, 1.165) is 12.1 Å². The van der Waals surface area contributed by atoms with Crippen LogP contribution in [0, 0.1) is 23.0 Å². The van der Waals surface area contributed by atoms with Gasteiger partial charge in [0.05, 0.1) is 23.1 Å². The monoisotopic (exact) mass is 341 g/mol. The molecule has 1 unspecified atom stereocenters. The zero-order valence-electron chi connectivity index (χ0n) is 12.5. The number of hydrogen-bond donors (Lipinski definition) is 0. The van der Waals surface area contributed by atoms with Crippen LogP contribution in [0.3, 0.4) is 0 Å². The van der Waals surface area contributed by atoms with E-state index in [9.17, 15) is 17.2 Å². The molecule has 2 aliphatic rings. The summed E-state index contributed by atoms with van der Waals surface area (Å²) in [5.41, 5.74) is -0.152. The summed E-state index contributed by atoms with van der Waals surface area (Å²) in [6, 6.07) is 3.81. The highest BCUT2D eigenvalue weighted by molar-refractivity contribution is 7.91. The van der Waals surface area contributed by atoms with E-state index in [1.54, 1.807) is 11.0 Å². The van der Waals surface area contributed by atoms with E-state index < -0.39 is 21.5 Å². The summed E-state index contributed by atoms with van der Waals surface area (Å²) in [6.07, 6.45) is 0.627. The van der Waals surface area contributed by atoms with Crippen LogP contribution in [0.15, 0.2) is 12.1 Å². The van der Waals surface area contributed by atoms with Crippen LogP contribution in [0.1, 0.15) is 12.0 Å². The number of piperazine rings is 1. The molecule has 8 heteroatoms. The molecule has 0 N–H and O–H groups in total. The van der Waals surface area contributed by atoms with Crippen LogP contribution in [0.2, 0.25) is 0 Å². The van der Waals surface area contributed by atoms with Gasteiger partial charge in [-0.05, 0) is 18.6 Å². The second kappa shape index (κ2) is 6.06. The number of sulfone groups is 1. The largest absolute Gasteiger partial charge is 0.364 e. The Morgan fingerprint density at radius 2 is 1.74 bits per heavy atom. The quantitative estimate of drug-likeness (QED) is 0.807. The SMILES string of the molecule is N#Cc1cc(F)c(N2CCN(C3CCS(=O)(=O)C3)CC2)c(F)c1. The predicted octanol–water partition coefficient (Wildman–Crippen LogP) is 1.15. The topological polar surface area (TPSA) is 64.4 Å². The van der Waals surface area contributed by atoms with Crippen LogP contribution in [0.5, 0.6) is 0 Å². The van der Waals surface area contributed by atoms with Crippen LogP contribution in [-0.2, 0) is 9.84 Å². The van der Waals surface area contributed by atoms with Crippen molar-refractivity contribution in [2.24, 2.45) is 0 Å². The lowest BCUT2D eigenvalue weighted by atomic mass is 10.1. The van der Waals surface area contributed by atoms with Gasteiger partial charge in [0.2, 0.25) is 0 Å². The fourth-order valence-corrected chi connectivity index (χ4v) is 5.07. The number of hydrogen-bond acceptors (Lipinski definition) is 5. The van der Waals surface area contributed by atoms with Gasteiger partial charge in [-0.15, -0.1) is 0 Å². The highest BCUT2D eigenvalue weighted by atomic mass is 32.2. The molecule has 0 bridgehead atoms. The molecule has 0 saturated carbocycles. The first-order chi connectivity index (χ1) is 10.9. The fourth-order valence-electron chi connectivity index (χ4n) is 3.31. The van der Waals surface area contributed by atoms with Gasteiger partial charge in [0, 0.05) is 32.2 Å². The summed E-state index contributed by atoms with van der Waals surface area (Å²) in [7, 11) is -2.94. The molecule has 124 valence electrons. The molecule has 23 heavy (non-hydrogen) atoms. The first kappa shape index (κ1) is 16.1. The minimum atomic E-state index is -2.94. The molecule has 3 rings (SSSR count). The highest BCUT2D eigenvalue weighted by Gasteiger charge is 2.34. The summed E-state index contributed by atoms with van der Waals surface area (Å²) < 4.78 is 51.2. The molecule has 0 aromatic heterocycles. The molecule has 2 heterocycles. The highest BCUT2D eigenvalue weighted by Crippen LogP contribution is 2.27. The van der Waals surface area contributed by atoms with Crippen molar-refractivity contribution >= 4 is 15.5 Å². The molecule has 2 aliphatic heterocycles. The molecule has 0 aliphatic carbocycles. The lowest BCUT2D eigenvalue weighted by Gasteiger charge is -2.38. The number of nitrogens with zero attached hydrogens (tertiary/aromatic N) is 3. The fraction of sp³-hybridized carbons (Fsp3) is 0.533. The van der Waals surface area contributed by atoms with Gasteiger partial charge in [-0.3, -0.25) is 4.90 Å². The second-order valence-corrected chi connectivity index (χ2v) is 8.21. The number of rotatable bonds is 2. The van der Waals surface area contributed by atoms with Crippen LogP contribution in [0.4, 0.5) is 14.5 Å². The molecule has 1 aromatic carbocycles. The maximum Gasteiger partial charge on any atom is 0.151 e. The molecule has 1 aromatic rings. The Morgan fingerprint density at radius 1 is 1.13 bits per heavy atom. The van der Waals surface area contributed by atoms with Gasteiger partial charge in [-0.2, -0.15) is 5.26 Å². The number of nitriles is 1.